The molecule has 0 saturated heterocycles. The Morgan fingerprint density at radius 2 is 1.74 bits per heavy atom. The first kappa shape index (κ1) is 13.2. The summed E-state index contributed by atoms with van der Waals surface area (Å²) in [5.74, 6) is -0.268. The molecule has 1 atom stereocenters. The van der Waals surface area contributed by atoms with Gasteiger partial charge in [0.25, 0.3) is 0 Å². The van der Waals surface area contributed by atoms with Gasteiger partial charge in [-0.2, -0.15) is 0 Å². The van der Waals surface area contributed by atoms with Gasteiger partial charge in [0.2, 0.25) is 0 Å². The van der Waals surface area contributed by atoms with Gasteiger partial charge in [-0.1, -0.05) is 6.07 Å². The van der Waals surface area contributed by atoms with E-state index in [9.17, 15) is 14.6 Å². The fraction of sp³-hybridized carbons (Fsp3) is 0.200. The molecule has 0 saturated carbocycles. The number of hydrogen-bond donors (Lipinski definition) is 3. The molecular formula is C15H16FNO2. The van der Waals surface area contributed by atoms with Crippen molar-refractivity contribution in [1.82, 2.24) is 0 Å². The third-order valence-electron chi connectivity index (χ3n) is 3.06. The van der Waals surface area contributed by atoms with Gasteiger partial charge in [0, 0.05) is 23.4 Å². The van der Waals surface area contributed by atoms with Crippen molar-refractivity contribution >= 4 is 5.69 Å². The van der Waals surface area contributed by atoms with Crippen LogP contribution in [-0.4, -0.2) is 10.2 Å². The predicted molar refractivity (Wildman–Crippen MR) is 72.9 cm³/mol. The quantitative estimate of drug-likeness (QED) is 0.789. The molecule has 0 spiro atoms. The van der Waals surface area contributed by atoms with Crippen molar-refractivity contribution in [2.45, 2.75) is 19.9 Å². The number of rotatable bonds is 3. The Morgan fingerprint density at radius 3 is 2.37 bits per heavy atom. The highest BCUT2D eigenvalue weighted by atomic mass is 19.1. The van der Waals surface area contributed by atoms with Crippen LogP contribution < -0.4 is 5.32 Å². The third-order valence-corrected chi connectivity index (χ3v) is 3.06. The minimum absolute atomic E-state index is 0.000357. The topological polar surface area (TPSA) is 52.5 Å². The molecule has 0 heterocycles. The molecule has 0 aliphatic heterocycles. The average Bonchev–Trinajstić information content (AvgIpc) is 2.33. The summed E-state index contributed by atoms with van der Waals surface area (Å²) in [4.78, 5) is 0. The molecule has 2 rings (SSSR count). The van der Waals surface area contributed by atoms with Gasteiger partial charge in [0.15, 0.2) is 0 Å². The molecule has 0 radical (unpaired) electrons. The van der Waals surface area contributed by atoms with Crippen LogP contribution in [0.15, 0.2) is 36.4 Å². The fourth-order valence-electron chi connectivity index (χ4n) is 1.95. The van der Waals surface area contributed by atoms with Gasteiger partial charge in [-0.3, -0.25) is 0 Å². The second-order valence-corrected chi connectivity index (χ2v) is 4.56. The SMILES string of the molecule is Cc1c(F)cccc1NC(C)c1cc(O)cc(O)c1. The van der Waals surface area contributed by atoms with E-state index in [1.54, 1.807) is 31.2 Å². The zero-order valence-corrected chi connectivity index (χ0v) is 10.8. The Kier molecular flexibility index (Phi) is 3.60. The molecule has 0 amide bonds. The summed E-state index contributed by atoms with van der Waals surface area (Å²) in [6, 6.07) is 9.06. The highest BCUT2D eigenvalue weighted by Crippen LogP contribution is 2.28. The Morgan fingerprint density at radius 1 is 1.11 bits per heavy atom. The molecule has 4 heteroatoms. The summed E-state index contributed by atoms with van der Waals surface area (Å²) in [5, 5.41) is 22.1. The molecule has 2 aromatic rings. The van der Waals surface area contributed by atoms with Crippen molar-refractivity contribution in [1.29, 1.82) is 0 Å². The van der Waals surface area contributed by atoms with Gasteiger partial charge in [0.1, 0.15) is 17.3 Å². The van der Waals surface area contributed by atoms with E-state index in [0.29, 0.717) is 11.3 Å². The maximum absolute atomic E-state index is 13.4. The van der Waals surface area contributed by atoms with Crippen LogP contribution in [0, 0.1) is 12.7 Å². The van der Waals surface area contributed by atoms with E-state index in [1.807, 2.05) is 6.92 Å². The first-order valence-electron chi connectivity index (χ1n) is 6.02. The first-order valence-corrected chi connectivity index (χ1v) is 6.02. The van der Waals surface area contributed by atoms with Gasteiger partial charge in [-0.25, -0.2) is 4.39 Å². The Labute approximate surface area is 111 Å². The lowest BCUT2D eigenvalue weighted by Gasteiger charge is -2.18. The normalized spacial score (nSPS) is 12.2. The number of phenols is 2. The van der Waals surface area contributed by atoms with Crippen molar-refractivity contribution in [3.63, 3.8) is 0 Å². The van der Waals surface area contributed by atoms with E-state index < -0.39 is 0 Å². The standard InChI is InChI=1S/C15H16FNO2/c1-9-14(16)4-3-5-15(9)17-10(2)11-6-12(18)8-13(19)7-11/h3-8,10,17-19H,1-2H3. The Bertz CT molecular complexity index is 578. The Hall–Kier alpha value is -2.23. The van der Waals surface area contributed by atoms with E-state index in [1.165, 1.54) is 12.1 Å². The smallest absolute Gasteiger partial charge is 0.128 e. The number of hydrogen-bond acceptors (Lipinski definition) is 3. The minimum Gasteiger partial charge on any atom is -0.508 e. The molecule has 19 heavy (non-hydrogen) atoms. The van der Waals surface area contributed by atoms with Crippen LogP contribution in [-0.2, 0) is 0 Å². The summed E-state index contributed by atoms with van der Waals surface area (Å²) >= 11 is 0. The second kappa shape index (κ2) is 5.18. The van der Waals surface area contributed by atoms with Gasteiger partial charge < -0.3 is 15.5 Å². The molecule has 0 aliphatic carbocycles. The molecule has 1 unspecified atom stereocenters. The zero-order valence-electron chi connectivity index (χ0n) is 10.8. The Balaban J connectivity index is 2.25. The lowest BCUT2D eigenvalue weighted by molar-refractivity contribution is 0.448. The van der Waals surface area contributed by atoms with E-state index in [-0.39, 0.29) is 23.4 Å². The monoisotopic (exact) mass is 261 g/mol. The highest BCUT2D eigenvalue weighted by molar-refractivity contribution is 5.53. The van der Waals surface area contributed by atoms with Crippen molar-refractivity contribution in [2.24, 2.45) is 0 Å². The molecule has 0 aromatic heterocycles. The molecule has 0 bridgehead atoms. The predicted octanol–water partition coefficient (Wildman–Crippen LogP) is 3.72. The number of anilines is 1. The van der Waals surface area contributed by atoms with E-state index in [4.69, 9.17) is 0 Å². The maximum Gasteiger partial charge on any atom is 0.128 e. The van der Waals surface area contributed by atoms with Crippen molar-refractivity contribution in [3.05, 3.63) is 53.3 Å². The summed E-state index contributed by atoms with van der Waals surface area (Å²) in [7, 11) is 0. The van der Waals surface area contributed by atoms with E-state index >= 15 is 0 Å². The van der Waals surface area contributed by atoms with Gasteiger partial charge in [-0.15, -0.1) is 0 Å². The third kappa shape index (κ3) is 2.96. The van der Waals surface area contributed by atoms with Crippen molar-refractivity contribution in [2.75, 3.05) is 5.32 Å². The molecule has 0 aliphatic rings. The van der Waals surface area contributed by atoms with Crippen LogP contribution in [0.1, 0.15) is 24.1 Å². The number of aromatic hydroxyl groups is 2. The van der Waals surface area contributed by atoms with Crippen molar-refractivity contribution < 1.29 is 14.6 Å². The summed E-state index contributed by atoms with van der Waals surface area (Å²) in [6.07, 6.45) is 0. The number of nitrogens with one attached hydrogen (secondary N) is 1. The first-order chi connectivity index (χ1) is 8.97. The highest BCUT2D eigenvalue weighted by Gasteiger charge is 2.10. The van der Waals surface area contributed by atoms with Crippen molar-refractivity contribution in [3.8, 4) is 11.5 Å². The second-order valence-electron chi connectivity index (χ2n) is 4.56. The molecule has 0 fully saturated rings. The molecule has 3 N–H and O–H groups in total. The van der Waals surface area contributed by atoms with Gasteiger partial charge in [0.05, 0.1) is 0 Å². The summed E-state index contributed by atoms with van der Waals surface area (Å²) in [5.41, 5.74) is 1.95. The van der Waals surface area contributed by atoms with E-state index in [0.717, 1.165) is 5.56 Å². The number of benzene rings is 2. The lowest BCUT2D eigenvalue weighted by atomic mass is 10.1. The fourth-order valence-corrected chi connectivity index (χ4v) is 1.95. The molecule has 3 nitrogen and oxygen atoms in total. The zero-order chi connectivity index (χ0) is 14.0. The van der Waals surface area contributed by atoms with Crippen LogP contribution in [0.5, 0.6) is 11.5 Å². The molecule has 2 aromatic carbocycles. The number of halogens is 1. The maximum atomic E-state index is 13.4. The van der Waals surface area contributed by atoms with Crippen LogP contribution in [0.2, 0.25) is 0 Å². The summed E-state index contributed by atoms with van der Waals surface area (Å²) in [6.45, 7) is 3.57. The molecular weight excluding hydrogens is 245 g/mol. The summed E-state index contributed by atoms with van der Waals surface area (Å²) < 4.78 is 13.4. The number of phenolic OH excluding ortho intramolecular Hbond substituents is 2. The van der Waals surface area contributed by atoms with Gasteiger partial charge >= 0.3 is 0 Å². The van der Waals surface area contributed by atoms with Crippen LogP contribution in [0.25, 0.3) is 0 Å². The van der Waals surface area contributed by atoms with E-state index in [2.05, 4.69) is 5.32 Å². The van der Waals surface area contributed by atoms with Crippen LogP contribution in [0.3, 0.4) is 0 Å². The average molecular weight is 261 g/mol. The van der Waals surface area contributed by atoms with Crippen LogP contribution >= 0.6 is 0 Å². The minimum atomic E-state index is -0.268. The largest absolute Gasteiger partial charge is 0.508 e. The van der Waals surface area contributed by atoms with Gasteiger partial charge in [-0.05, 0) is 43.7 Å². The molecule has 100 valence electrons. The van der Waals surface area contributed by atoms with Crippen LogP contribution in [0.4, 0.5) is 10.1 Å². The lowest BCUT2D eigenvalue weighted by Crippen LogP contribution is -2.08.